The Labute approximate surface area is 158 Å². The van der Waals surface area contributed by atoms with Gasteiger partial charge in [-0.2, -0.15) is 0 Å². The first-order chi connectivity index (χ1) is 12.3. The molecule has 1 heterocycles. The van der Waals surface area contributed by atoms with E-state index in [1.165, 1.54) is 40.9 Å². The molecular weight excluding hydrogens is 376 g/mol. The lowest BCUT2D eigenvalue weighted by Gasteiger charge is -2.07. The first-order valence-corrected chi connectivity index (χ1v) is 8.63. The Morgan fingerprint density at radius 2 is 1.92 bits per heavy atom. The number of aromatic carboxylic acids is 1. The number of carbonyl (C=O) groups is 2. The summed E-state index contributed by atoms with van der Waals surface area (Å²) in [7, 11) is 1.60. The van der Waals surface area contributed by atoms with Crippen molar-refractivity contribution in [3.05, 3.63) is 63.5 Å². The lowest BCUT2D eigenvalue weighted by molar-refractivity contribution is -0.121. The van der Waals surface area contributed by atoms with Gasteiger partial charge >= 0.3 is 5.97 Å². The number of carbonyl (C=O) groups excluding carboxylic acids is 1. The van der Waals surface area contributed by atoms with Gasteiger partial charge in [0.15, 0.2) is 5.17 Å². The Kier molecular flexibility index (Phi) is 5.01. The Morgan fingerprint density at radius 1 is 1.23 bits per heavy atom. The maximum Gasteiger partial charge on any atom is 0.337 e. The van der Waals surface area contributed by atoms with Gasteiger partial charge in [-0.25, -0.2) is 9.79 Å². The third-order valence-electron chi connectivity index (χ3n) is 3.60. The molecule has 0 unspecified atom stereocenters. The third-order valence-corrected chi connectivity index (χ3v) is 4.99. The minimum absolute atomic E-state index is 0.0506. The average Bonchev–Trinajstić information content (AvgIpc) is 2.86. The van der Waals surface area contributed by atoms with Gasteiger partial charge in [-0.3, -0.25) is 9.69 Å². The van der Waals surface area contributed by atoms with Crippen molar-refractivity contribution in [2.24, 2.45) is 4.99 Å². The predicted molar refractivity (Wildman–Crippen MR) is 102 cm³/mol. The normalized spacial score (nSPS) is 17.3. The lowest BCUT2D eigenvalue weighted by Crippen LogP contribution is -2.23. The number of aliphatic imine (C=N–C) groups is 1. The van der Waals surface area contributed by atoms with Crippen LogP contribution in [0.15, 0.2) is 52.4 Å². The molecule has 3 rings (SSSR count). The van der Waals surface area contributed by atoms with Crippen LogP contribution >= 0.6 is 23.4 Å². The van der Waals surface area contributed by atoms with Gasteiger partial charge in [-0.15, -0.1) is 0 Å². The second-order valence-electron chi connectivity index (χ2n) is 5.43. The zero-order valence-corrected chi connectivity index (χ0v) is 15.1. The molecule has 0 saturated carbocycles. The number of hydrogen-bond acceptors (Lipinski definition) is 5. The number of phenolic OH excluding ortho intramolecular Hbond substituents is 1. The molecule has 132 valence electrons. The molecular formula is C18H13ClN2O4S. The number of nitrogens with zero attached hydrogens (tertiary/aromatic N) is 2. The van der Waals surface area contributed by atoms with E-state index in [4.69, 9.17) is 16.7 Å². The largest absolute Gasteiger partial charge is 0.508 e. The molecule has 2 aromatic carbocycles. The SMILES string of the molecule is CN1C(=O)/C(=C/c2ccc(O)cc2)SC1=Nc1ccc(Cl)c(C(=O)O)c1. The average molecular weight is 389 g/mol. The molecule has 1 fully saturated rings. The van der Waals surface area contributed by atoms with Gasteiger partial charge in [0.2, 0.25) is 0 Å². The number of likely N-dealkylation sites (N-methyl/N-ethyl adjacent to an activating group) is 1. The second-order valence-corrected chi connectivity index (χ2v) is 6.85. The van der Waals surface area contributed by atoms with Crippen LogP contribution in [0.3, 0.4) is 0 Å². The molecule has 2 N–H and O–H groups in total. The number of phenols is 1. The summed E-state index contributed by atoms with van der Waals surface area (Å²) in [6.45, 7) is 0. The van der Waals surface area contributed by atoms with Crippen molar-refractivity contribution in [1.82, 2.24) is 4.90 Å². The van der Waals surface area contributed by atoms with Crippen molar-refractivity contribution in [2.45, 2.75) is 0 Å². The van der Waals surface area contributed by atoms with Gasteiger partial charge in [0.05, 0.1) is 21.2 Å². The number of amidine groups is 1. The zero-order chi connectivity index (χ0) is 18.8. The molecule has 8 heteroatoms. The molecule has 26 heavy (non-hydrogen) atoms. The third kappa shape index (κ3) is 3.74. The Morgan fingerprint density at radius 3 is 2.58 bits per heavy atom. The molecule has 1 aliphatic heterocycles. The quantitative estimate of drug-likeness (QED) is 0.776. The monoisotopic (exact) mass is 388 g/mol. The molecule has 1 amide bonds. The summed E-state index contributed by atoms with van der Waals surface area (Å²) in [5, 5.41) is 19.0. The molecule has 1 saturated heterocycles. The van der Waals surface area contributed by atoms with Gasteiger partial charge in [0.1, 0.15) is 5.75 Å². The van der Waals surface area contributed by atoms with Crippen LogP contribution in [0.5, 0.6) is 5.75 Å². The highest BCUT2D eigenvalue weighted by Gasteiger charge is 2.30. The van der Waals surface area contributed by atoms with E-state index in [-0.39, 0.29) is 22.2 Å². The topological polar surface area (TPSA) is 90.2 Å². The molecule has 6 nitrogen and oxygen atoms in total. The van der Waals surface area contributed by atoms with E-state index in [2.05, 4.69) is 4.99 Å². The zero-order valence-electron chi connectivity index (χ0n) is 13.5. The number of aromatic hydroxyl groups is 1. The number of carboxylic acid groups (broad SMARTS) is 1. The highest BCUT2D eigenvalue weighted by molar-refractivity contribution is 8.18. The number of amides is 1. The Balaban J connectivity index is 1.91. The number of carboxylic acids is 1. The first kappa shape index (κ1) is 18.0. The number of halogens is 1. The van der Waals surface area contributed by atoms with Crippen LogP contribution in [0.4, 0.5) is 5.69 Å². The fourth-order valence-corrected chi connectivity index (χ4v) is 3.42. The fourth-order valence-electron chi connectivity index (χ4n) is 2.23. The van der Waals surface area contributed by atoms with E-state index in [1.54, 1.807) is 31.3 Å². The maximum absolute atomic E-state index is 12.4. The molecule has 0 radical (unpaired) electrons. The van der Waals surface area contributed by atoms with Crippen molar-refractivity contribution in [2.75, 3.05) is 7.05 Å². The highest BCUT2D eigenvalue weighted by Crippen LogP contribution is 2.34. The highest BCUT2D eigenvalue weighted by atomic mass is 35.5. The second kappa shape index (κ2) is 7.23. The van der Waals surface area contributed by atoms with Crippen LogP contribution in [0.2, 0.25) is 5.02 Å². The van der Waals surface area contributed by atoms with E-state index in [0.29, 0.717) is 15.8 Å². The van der Waals surface area contributed by atoms with E-state index < -0.39 is 5.97 Å². The molecule has 0 aliphatic carbocycles. The van der Waals surface area contributed by atoms with Gasteiger partial charge in [-0.05, 0) is 53.7 Å². The summed E-state index contributed by atoms with van der Waals surface area (Å²) in [5.74, 6) is -1.21. The summed E-state index contributed by atoms with van der Waals surface area (Å²) >= 11 is 7.04. The van der Waals surface area contributed by atoms with Crippen molar-refractivity contribution < 1.29 is 19.8 Å². The number of hydrogen-bond donors (Lipinski definition) is 2. The summed E-state index contributed by atoms with van der Waals surface area (Å²) in [4.78, 5) is 29.8. The standard InChI is InChI=1S/C18H13ClN2O4S/c1-21-16(23)15(8-10-2-5-12(22)6-3-10)26-18(21)20-11-4-7-14(19)13(9-11)17(24)25/h2-9,22H,1H3,(H,24,25)/b15-8-,20-18?. The molecule has 1 aliphatic rings. The van der Waals surface area contributed by atoms with Gasteiger partial charge in [0.25, 0.3) is 5.91 Å². The van der Waals surface area contributed by atoms with E-state index in [9.17, 15) is 14.7 Å². The molecule has 0 atom stereocenters. The van der Waals surface area contributed by atoms with Crippen LogP contribution in [-0.4, -0.2) is 39.2 Å². The number of thioether (sulfide) groups is 1. The minimum atomic E-state index is -1.14. The van der Waals surface area contributed by atoms with E-state index in [1.807, 2.05) is 0 Å². The number of benzene rings is 2. The maximum atomic E-state index is 12.4. The first-order valence-electron chi connectivity index (χ1n) is 7.43. The van der Waals surface area contributed by atoms with Crippen LogP contribution in [-0.2, 0) is 4.79 Å². The van der Waals surface area contributed by atoms with Gasteiger partial charge in [-0.1, -0.05) is 23.7 Å². The molecule has 0 bridgehead atoms. The fraction of sp³-hybridized carbons (Fsp3) is 0.0556. The smallest absolute Gasteiger partial charge is 0.337 e. The van der Waals surface area contributed by atoms with Crippen molar-refractivity contribution in [3.8, 4) is 5.75 Å². The summed E-state index contributed by atoms with van der Waals surface area (Å²) in [6.07, 6.45) is 1.70. The van der Waals surface area contributed by atoms with Crippen LogP contribution < -0.4 is 0 Å². The van der Waals surface area contributed by atoms with Gasteiger partial charge < -0.3 is 10.2 Å². The summed E-state index contributed by atoms with van der Waals surface area (Å²) < 4.78 is 0. The minimum Gasteiger partial charge on any atom is -0.508 e. The van der Waals surface area contributed by atoms with E-state index in [0.717, 1.165) is 5.56 Å². The number of rotatable bonds is 3. The van der Waals surface area contributed by atoms with Gasteiger partial charge in [0, 0.05) is 7.05 Å². The van der Waals surface area contributed by atoms with Crippen LogP contribution in [0.25, 0.3) is 6.08 Å². The Hall–Kier alpha value is -2.77. The van der Waals surface area contributed by atoms with Crippen LogP contribution in [0.1, 0.15) is 15.9 Å². The van der Waals surface area contributed by atoms with Crippen molar-refractivity contribution in [1.29, 1.82) is 0 Å². The molecule has 0 aromatic heterocycles. The van der Waals surface area contributed by atoms with E-state index >= 15 is 0 Å². The van der Waals surface area contributed by atoms with Crippen molar-refractivity contribution >= 4 is 52.2 Å². The Bertz CT molecular complexity index is 954. The lowest BCUT2D eigenvalue weighted by atomic mass is 10.2. The summed E-state index contributed by atoms with van der Waals surface area (Å²) in [6, 6.07) is 10.9. The molecule has 0 spiro atoms. The van der Waals surface area contributed by atoms with Crippen LogP contribution in [0, 0.1) is 0 Å². The summed E-state index contributed by atoms with van der Waals surface area (Å²) in [5.41, 5.74) is 1.11. The molecule has 2 aromatic rings. The van der Waals surface area contributed by atoms with Crippen molar-refractivity contribution in [3.63, 3.8) is 0 Å². The predicted octanol–water partition coefficient (Wildman–Crippen LogP) is 3.98.